The van der Waals surface area contributed by atoms with Crippen LogP contribution in [0.1, 0.15) is 25.1 Å². The van der Waals surface area contributed by atoms with Crippen molar-refractivity contribution in [2.24, 2.45) is 0 Å². The van der Waals surface area contributed by atoms with Crippen molar-refractivity contribution in [1.29, 1.82) is 0 Å². The lowest BCUT2D eigenvalue weighted by atomic mass is 10.3. The topological polar surface area (TPSA) is 65.6 Å². The van der Waals surface area contributed by atoms with Crippen LogP contribution in [0.5, 0.6) is 0 Å². The predicted octanol–water partition coefficient (Wildman–Crippen LogP) is 0.132. The molecular weight excluding hydrogens is 232 g/mol. The van der Waals surface area contributed by atoms with E-state index >= 15 is 0 Å². The molecule has 1 aliphatic heterocycles. The van der Waals surface area contributed by atoms with Crippen molar-refractivity contribution in [2.45, 2.75) is 26.3 Å². The monoisotopic (exact) mass is 254 g/mol. The minimum atomic E-state index is 0.241. The van der Waals surface area contributed by atoms with Crippen LogP contribution in [0.4, 0.5) is 0 Å². The molecular formula is C12H22N4O2. The Morgan fingerprint density at radius 2 is 2.00 bits per heavy atom. The molecule has 1 aromatic rings. The van der Waals surface area contributed by atoms with E-state index < -0.39 is 0 Å². The van der Waals surface area contributed by atoms with Crippen molar-refractivity contribution in [3.63, 3.8) is 0 Å². The highest BCUT2D eigenvalue weighted by Crippen LogP contribution is 2.07. The van der Waals surface area contributed by atoms with Gasteiger partial charge in [0.25, 0.3) is 0 Å². The van der Waals surface area contributed by atoms with Gasteiger partial charge in [0.05, 0.1) is 13.2 Å². The van der Waals surface area contributed by atoms with E-state index in [4.69, 9.17) is 9.63 Å². The van der Waals surface area contributed by atoms with Gasteiger partial charge in [0.1, 0.15) is 0 Å². The summed E-state index contributed by atoms with van der Waals surface area (Å²) in [6.07, 6.45) is 1.91. The van der Waals surface area contributed by atoms with Gasteiger partial charge in [-0.3, -0.25) is 9.80 Å². The molecule has 1 aromatic heterocycles. The highest BCUT2D eigenvalue weighted by Gasteiger charge is 2.16. The Kier molecular flexibility index (Phi) is 5.10. The van der Waals surface area contributed by atoms with Crippen molar-refractivity contribution in [2.75, 3.05) is 39.3 Å². The normalized spacial score (nSPS) is 19.0. The Morgan fingerprint density at radius 1 is 1.22 bits per heavy atom. The van der Waals surface area contributed by atoms with Crippen LogP contribution in [0, 0.1) is 0 Å². The molecule has 2 heterocycles. The van der Waals surface area contributed by atoms with E-state index in [-0.39, 0.29) is 6.61 Å². The van der Waals surface area contributed by atoms with Crippen molar-refractivity contribution < 1.29 is 9.63 Å². The van der Waals surface area contributed by atoms with Crippen molar-refractivity contribution >= 4 is 0 Å². The second-order valence-corrected chi connectivity index (χ2v) is 4.65. The SMILES string of the molecule is CCc1nc(CN2CCCN(CCO)CC2)no1. The summed E-state index contributed by atoms with van der Waals surface area (Å²) in [6.45, 7) is 7.89. The van der Waals surface area contributed by atoms with E-state index in [1.807, 2.05) is 6.92 Å². The molecule has 18 heavy (non-hydrogen) atoms. The van der Waals surface area contributed by atoms with E-state index in [9.17, 15) is 0 Å². The van der Waals surface area contributed by atoms with E-state index in [1.54, 1.807) is 0 Å². The quantitative estimate of drug-likeness (QED) is 0.806. The Bertz CT molecular complexity index is 356. The van der Waals surface area contributed by atoms with Crippen LogP contribution in [-0.2, 0) is 13.0 Å². The van der Waals surface area contributed by atoms with Gasteiger partial charge in [0.2, 0.25) is 5.89 Å². The second-order valence-electron chi connectivity index (χ2n) is 4.65. The van der Waals surface area contributed by atoms with E-state index in [0.29, 0.717) is 5.89 Å². The lowest BCUT2D eigenvalue weighted by molar-refractivity contribution is 0.195. The van der Waals surface area contributed by atoms with E-state index in [1.165, 1.54) is 0 Å². The molecule has 2 rings (SSSR count). The molecule has 0 bridgehead atoms. The Balaban J connectivity index is 1.82. The Hall–Kier alpha value is -0.980. The lowest BCUT2D eigenvalue weighted by Gasteiger charge is -2.19. The van der Waals surface area contributed by atoms with Gasteiger partial charge in [0, 0.05) is 26.1 Å². The Labute approximate surface area is 108 Å². The summed E-state index contributed by atoms with van der Waals surface area (Å²) in [7, 11) is 0. The number of nitrogens with zero attached hydrogens (tertiary/aromatic N) is 4. The average molecular weight is 254 g/mol. The minimum Gasteiger partial charge on any atom is -0.395 e. The number of rotatable bonds is 5. The van der Waals surface area contributed by atoms with Crippen LogP contribution >= 0.6 is 0 Å². The number of aryl methyl sites for hydroxylation is 1. The molecule has 0 spiro atoms. The van der Waals surface area contributed by atoms with Gasteiger partial charge in [0.15, 0.2) is 5.82 Å². The number of aromatic nitrogens is 2. The molecule has 1 fully saturated rings. The molecule has 1 saturated heterocycles. The first-order valence-corrected chi connectivity index (χ1v) is 6.69. The van der Waals surface area contributed by atoms with Gasteiger partial charge in [-0.05, 0) is 19.5 Å². The molecule has 1 N–H and O–H groups in total. The molecule has 102 valence electrons. The Morgan fingerprint density at radius 3 is 2.72 bits per heavy atom. The molecule has 0 aliphatic carbocycles. The van der Waals surface area contributed by atoms with Crippen molar-refractivity contribution in [1.82, 2.24) is 19.9 Å². The summed E-state index contributed by atoms with van der Waals surface area (Å²) in [5, 5.41) is 12.9. The van der Waals surface area contributed by atoms with Crippen LogP contribution < -0.4 is 0 Å². The molecule has 6 nitrogen and oxygen atoms in total. The van der Waals surface area contributed by atoms with Crippen molar-refractivity contribution in [3.8, 4) is 0 Å². The molecule has 0 amide bonds. The summed E-state index contributed by atoms with van der Waals surface area (Å²) in [5.41, 5.74) is 0. The van der Waals surface area contributed by atoms with Gasteiger partial charge >= 0.3 is 0 Å². The number of aliphatic hydroxyl groups is 1. The summed E-state index contributed by atoms with van der Waals surface area (Å²) in [4.78, 5) is 8.98. The summed E-state index contributed by atoms with van der Waals surface area (Å²) in [6, 6.07) is 0. The van der Waals surface area contributed by atoms with E-state index in [2.05, 4.69) is 19.9 Å². The number of hydrogen-bond donors (Lipinski definition) is 1. The summed E-state index contributed by atoms with van der Waals surface area (Å²) < 4.78 is 5.12. The maximum atomic E-state index is 8.95. The van der Waals surface area contributed by atoms with Gasteiger partial charge in [-0.15, -0.1) is 0 Å². The lowest BCUT2D eigenvalue weighted by Crippen LogP contribution is -2.32. The molecule has 0 radical (unpaired) electrons. The fourth-order valence-electron chi connectivity index (χ4n) is 2.25. The van der Waals surface area contributed by atoms with Gasteiger partial charge in [-0.25, -0.2) is 0 Å². The fourth-order valence-corrected chi connectivity index (χ4v) is 2.25. The van der Waals surface area contributed by atoms with E-state index in [0.717, 1.165) is 57.9 Å². The highest BCUT2D eigenvalue weighted by atomic mass is 16.5. The van der Waals surface area contributed by atoms with Crippen molar-refractivity contribution in [3.05, 3.63) is 11.7 Å². The third kappa shape index (κ3) is 3.76. The van der Waals surface area contributed by atoms with Gasteiger partial charge < -0.3 is 9.63 Å². The zero-order chi connectivity index (χ0) is 12.8. The third-order valence-corrected chi connectivity index (χ3v) is 3.27. The van der Waals surface area contributed by atoms with Crippen LogP contribution in [0.25, 0.3) is 0 Å². The summed E-state index contributed by atoms with van der Waals surface area (Å²) >= 11 is 0. The number of aliphatic hydroxyl groups excluding tert-OH is 1. The largest absolute Gasteiger partial charge is 0.395 e. The molecule has 1 aliphatic rings. The first-order chi connectivity index (χ1) is 8.81. The van der Waals surface area contributed by atoms with Crippen LogP contribution in [0.3, 0.4) is 0 Å². The predicted molar refractivity (Wildman–Crippen MR) is 67.1 cm³/mol. The molecule has 0 saturated carbocycles. The first-order valence-electron chi connectivity index (χ1n) is 6.69. The van der Waals surface area contributed by atoms with Gasteiger partial charge in [-0.1, -0.05) is 12.1 Å². The maximum Gasteiger partial charge on any atom is 0.226 e. The molecule has 6 heteroatoms. The minimum absolute atomic E-state index is 0.241. The maximum absolute atomic E-state index is 8.95. The molecule has 0 unspecified atom stereocenters. The zero-order valence-corrected chi connectivity index (χ0v) is 11.0. The van der Waals surface area contributed by atoms with Gasteiger partial charge in [-0.2, -0.15) is 4.98 Å². The van der Waals surface area contributed by atoms with Crippen LogP contribution in [0.15, 0.2) is 4.52 Å². The highest BCUT2D eigenvalue weighted by molar-refractivity contribution is 4.86. The molecule has 0 atom stereocenters. The van der Waals surface area contributed by atoms with Crippen LogP contribution in [0.2, 0.25) is 0 Å². The number of β-amino-alcohol motifs (C(OH)–C–C–N with tert-alkyl or cyclic N) is 1. The smallest absolute Gasteiger partial charge is 0.226 e. The first kappa shape index (κ1) is 13.5. The van der Waals surface area contributed by atoms with Crippen LogP contribution in [-0.4, -0.2) is 64.4 Å². The zero-order valence-electron chi connectivity index (χ0n) is 11.0. The third-order valence-electron chi connectivity index (χ3n) is 3.27. The number of hydrogen-bond acceptors (Lipinski definition) is 6. The second kappa shape index (κ2) is 6.82. The fraction of sp³-hybridized carbons (Fsp3) is 0.833. The molecule has 0 aromatic carbocycles. The average Bonchev–Trinajstić information content (AvgIpc) is 2.71. The standard InChI is InChI=1S/C12H22N4O2/c1-2-12-13-11(14-18-12)10-16-5-3-4-15(6-7-16)8-9-17/h17H,2-10H2,1H3. The summed E-state index contributed by atoms with van der Waals surface area (Å²) in [5.74, 6) is 1.49.